The molecule has 248 valence electrons. The molecule has 2 aromatic rings. The third kappa shape index (κ3) is 6.65. The number of carbonyl (C=O) groups is 4. The maximum Gasteiger partial charge on any atom is 0.335 e. The van der Waals surface area contributed by atoms with E-state index in [2.05, 4.69) is 5.32 Å². The molecule has 1 saturated carbocycles. The molecule has 6 rings (SSSR count). The number of hydrogen-bond donors (Lipinski definition) is 4. The van der Waals surface area contributed by atoms with Gasteiger partial charge in [0.1, 0.15) is 6.04 Å². The van der Waals surface area contributed by atoms with E-state index in [1.54, 1.807) is 21.9 Å². The Morgan fingerprint density at radius 3 is 2.26 bits per heavy atom. The van der Waals surface area contributed by atoms with Crippen molar-refractivity contribution in [3.8, 4) is 0 Å². The molecular formula is C32H41Cl2N7O5. The number of aromatic carboxylic acids is 1. The van der Waals surface area contributed by atoms with Crippen LogP contribution in [0.25, 0.3) is 0 Å². The molecule has 0 aromatic heterocycles. The molecule has 1 aliphatic carbocycles. The standard InChI is InChI=1S/C32H39N7O5.2ClH/c1-36-15-16-38(26(40)19-36)25-4-2-3-24-23(25)9-12-39(27(24)28(41)35-22-7-5-20(6-8-22)30(43)44)29(42)21-17-32(18-21)10-13-37(14-11-32)31(33)34;;/h2-8,21,27H,9-19H2,1H3,(H3,33,34)(H,35,41)(H,43,44);2*1H/t27-;;/m0../s1. The van der Waals surface area contributed by atoms with Crippen molar-refractivity contribution < 1.29 is 24.3 Å². The maximum absolute atomic E-state index is 14.1. The summed E-state index contributed by atoms with van der Waals surface area (Å²) < 4.78 is 0. The van der Waals surface area contributed by atoms with Gasteiger partial charge in [0.2, 0.25) is 11.8 Å². The second kappa shape index (κ2) is 13.9. The van der Waals surface area contributed by atoms with Crippen LogP contribution in [-0.2, 0) is 20.8 Å². The van der Waals surface area contributed by atoms with Gasteiger partial charge in [0.15, 0.2) is 5.96 Å². The SMILES string of the molecule is CN1CCN(c2cccc3c2CCN(C(=O)C2CC4(CCN(C(=N)N)CC4)C2)[C@@H]3C(=O)Nc2ccc(C(=O)O)cc2)C(=O)C1.Cl.Cl. The molecule has 14 heteroatoms. The summed E-state index contributed by atoms with van der Waals surface area (Å²) >= 11 is 0. The monoisotopic (exact) mass is 673 g/mol. The van der Waals surface area contributed by atoms with Crippen LogP contribution in [0.3, 0.4) is 0 Å². The first-order valence-electron chi connectivity index (χ1n) is 15.2. The van der Waals surface area contributed by atoms with E-state index in [0.717, 1.165) is 43.5 Å². The number of rotatable bonds is 5. The summed E-state index contributed by atoms with van der Waals surface area (Å²) in [5.41, 5.74) is 8.69. The van der Waals surface area contributed by atoms with E-state index in [0.29, 0.717) is 50.4 Å². The lowest BCUT2D eigenvalue weighted by atomic mass is 9.57. The molecule has 4 aliphatic rings. The second-order valence-corrected chi connectivity index (χ2v) is 12.7. The third-order valence-corrected chi connectivity index (χ3v) is 9.90. The lowest BCUT2D eigenvalue weighted by Crippen LogP contribution is -2.55. The van der Waals surface area contributed by atoms with Crippen LogP contribution >= 0.6 is 24.8 Å². The van der Waals surface area contributed by atoms with Gasteiger partial charge in [0, 0.05) is 50.0 Å². The Morgan fingerprint density at radius 2 is 1.65 bits per heavy atom. The first-order chi connectivity index (χ1) is 21.0. The second-order valence-electron chi connectivity index (χ2n) is 12.7. The summed E-state index contributed by atoms with van der Waals surface area (Å²) in [5.74, 6) is -1.58. The van der Waals surface area contributed by atoms with Crippen molar-refractivity contribution in [3.05, 3.63) is 59.2 Å². The molecule has 3 fully saturated rings. The number of benzene rings is 2. The van der Waals surface area contributed by atoms with Crippen molar-refractivity contribution in [1.82, 2.24) is 14.7 Å². The number of amides is 3. The highest BCUT2D eigenvalue weighted by Crippen LogP contribution is 2.54. The first-order valence-corrected chi connectivity index (χ1v) is 15.2. The van der Waals surface area contributed by atoms with Gasteiger partial charge in [-0.15, -0.1) is 24.8 Å². The normalized spacial score (nSPS) is 20.9. The minimum atomic E-state index is -1.06. The van der Waals surface area contributed by atoms with Crippen LogP contribution in [0.1, 0.15) is 53.2 Å². The van der Waals surface area contributed by atoms with Crippen LogP contribution in [0.2, 0.25) is 0 Å². The van der Waals surface area contributed by atoms with E-state index in [1.807, 2.05) is 35.0 Å². The van der Waals surface area contributed by atoms with Crippen LogP contribution in [0, 0.1) is 16.7 Å². The van der Waals surface area contributed by atoms with Crippen molar-refractivity contribution in [1.29, 1.82) is 5.41 Å². The average molecular weight is 675 g/mol. The number of piperidine rings is 1. The van der Waals surface area contributed by atoms with Gasteiger partial charge >= 0.3 is 5.97 Å². The number of nitrogens with two attached hydrogens (primary N) is 1. The fourth-order valence-corrected chi connectivity index (χ4v) is 7.40. The molecule has 3 amide bonds. The number of carboxylic acids is 1. The van der Waals surface area contributed by atoms with Crippen molar-refractivity contribution in [3.63, 3.8) is 0 Å². The van der Waals surface area contributed by atoms with Crippen molar-refractivity contribution in [2.45, 2.75) is 38.1 Å². The number of likely N-dealkylation sites (tertiary alicyclic amines) is 1. The van der Waals surface area contributed by atoms with E-state index < -0.39 is 12.0 Å². The zero-order valence-electron chi connectivity index (χ0n) is 25.7. The van der Waals surface area contributed by atoms with Gasteiger partial charge in [-0.2, -0.15) is 0 Å². The molecular weight excluding hydrogens is 633 g/mol. The number of carbonyl (C=O) groups excluding carboxylic acids is 3. The number of hydrogen-bond acceptors (Lipinski definition) is 6. The summed E-state index contributed by atoms with van der Waals surface area (Å²) in [6, 6.07) is 10.7. The molecule has 2 saturated heterocycles. The van der Waals surface area contributed by atoms with E-state index in [-0.39, 0.29) is 65.4 Å². The van der Waals surface area contributed by atoms with Gasteiger partial charge in [-0.1, -0.05) is 12.1 Å². The van der Waals surface area contributed by atoms with E-state index in [9.17, 15) is 24.3 Å². The Morgan fingerprint density at radius 1 is 0.978 bits per heavy atom. The number of carboxylic acid groups (broad SMARTS) is 1. The van der Waals surface area contributed by atoms with Gasteiger partial charge in [0.05, 0.1) is 12.1 Å². The Labute approximate surface area is 280 Å². The Bertz CT molecular complexity index is 1500. The Balaban J connectivity index is 0.00000240. The fourth-order valence-electron chi connectivity index (χ4n) is 7.40. The lowest BCUT2D eigenvalue weighted by Gasteiger charge is -2.53. The largest absolute Gasteiger partial charge is 0.478 e. The molecule has 1 spiro atoms. The van der Waals surface area contributed by atoms with E-state index in [1.165, 1.54) is 12.1 Å². The van der Waals surface area contributed by atoms with Crippen molar-refractivity contribution in [2.24, 2.45) is 17.1 Å². The summed E-state index contributed by atoms with van der Waals surface area (Å²) in [6.07, 6.45) is 3.80. The van der Waals surface area contributed by atoms with Crippen LogP contribution < -0.4 is 16.0 Å². The number of likely N-dealkylation sites (N-methyl/N-ethyl adjacent to an activating group) is 1. The highest BCUT2D eigenvalue weighted by molar-refractivity contribution is 6.01. The zero-order chi connectivity index (χ0) is 31.2. The summed E-state index contributed by atoms with van der Waals surface area (Å²) in [7, 11) is 1.92. The molecule has 0 unspecified atom stereocenters. The first kappa shape index (κ1) is 35.0. The summed E-state index contributed by atoms with van der Waals surface area (Å²) in [6.45, 7) is 3.39. The molecule has 0 radical (unpaired) electrons. The number of anilines is 2. The Kier molecular flexibility index (Phi) is 10.5. The van der Waals surface area contributed by atoms with Crippen LogP contribution in [0.5, 0.6) is 0 Å². The molecule has 3 heterocycles. The zero-order valence-corrected chi connectivity index (χ0v) is 27.4. The number of fused-ring (bicyclic) bond motifs is 1. The molecule has 2 aromatic carbocycles. The molecule has 46 heavy (non-hydrogen) atoms. The quantitative estimate of drug-likeness (QED) is 0.278. The predicted molar refractivity (Wildman–Crippen MR) is 179 cm³/mol. The fraction of sp³-hybridized carbons (Fsp3) is 0.469. The molecule has 1 atom stereocenters. The Hall–Kier alpha value is -3.87. The molecule has 0 bridgehead atoms. The average Bonchev–Trinajstić information content (AvgIpc) is 2.99. The van der Waals surface area contributed by atoms with E-state index in [4.69, 9.17) is 11.1 Å². The van der Waals surface area contributed by atoms with Crippen molar-refractivity contribution in [2.75, 3.05) is 56.5 Å². The van der Waals surface area contributed by atoms with E-state index >= 15 is 0 Å². The number of nitrogens with one attached hydrogen (secondary N) is 2. The van der Waals surface area contributed by atoms with Gasteiger partial charge in [-0.05, 0) is 86.0 Å². The van der Waals surface area contributed by atoms with Gasteiger partial charge < -0.3 is 30.9 Å². The molecule has 5 N–H and O–H groups in total. The predicted octanol–water partition coefficient (Wildman–Crippen LogP) is 2.96. The van der Waals surface area contributed by atoms with Gasteiger partial charge in [0.25, 0.3) is 5.91 Å². The number of nitrogens with zero attached hydrogens (tertiary/aromatic N) is 4. The van der Waals surface area contributed by atoms with Crippen molar-refractivity contribution >= 4 is 65.8 Å². The minimum Gasteiger partial charge on any atom is -0.478 e. The van der Waals surface area contributed by atoms with Crippen LogP contribution in [0.15, 0.2) is 42.5 Å². The maximum atomic E-state index is 14.1. The summed E-state index contributed by atoms with van der Waals surface area (Å²) in [5, 5.41) is 19.9. The third-order valence-electron chi connectivity index (χ3n) is 9.90. The number of piperazine rings is 1. The minimum absolute atomic E-state index is 0. The van der Waals surface area contributed by atoms with Gasteiger partial charge in [-0.25, -0.2) is 4.79 Å². The lowest BCUT2D eigenvalue weighted by molar-refractivity contribution is -0.151. The number of halogens is 2. The highest BCUT2D eigenvalue weighted by atomic mass is 35.5. The summed E-state index contributed by atoms with van der Waals surface area (Å²) in [4.78, 5) is 59.8. The topological polar surface area (TPSA) is 163 Å². The highest BCUT2D eigenvalue weighted by Gasteiger charge is 2.51. The number of guanidine groups is 1. The van der Waals surface area contributed by atoms with Crippen LogP contribution in [0.4, 0.5) is 11.4 Å². The molecule has 3 aliphatic heterocycles. The molecule has 12 nitrogen and oxygen atoms in total. The smallest absolute Gasteiger partial charge is 0.335 e. The van der Waals surface area contributed by atoms with Gasteiger partial charge in [-0.3, -0.25) is 24.7 Å². The van der Waals surface area contributed by atoms with Crippen LogP contribution in [-0.4, -0.2) is 95.8 Å².